The highest BCUT2D eigenvalue weighted by Gasteiger charge is 2.22. The monoisotopic (exact) mass is 237 g/mol. The average Bonchev–Trinajstić information content (AvgIpc) is 2.17. The van der Waals surface area contributed by atoms with E-state index in [2.05, 4.69) is 26.8 Å². The summed E-state index contributed by atoms with van der Waals surface area (Å²) in [7, 11) is 1.67. The fourth-order valence-corrected chi connectivity index (χ4v) is 2.34. The predicted octanol–water partition coefficient (Wildman–Crippen LogP) is 3.03. The first-order valence-electron chi connectivity index (χ1n) is 5.41. The molecule has 1 aromatic rings. The fourth-order valence-electron chi connectivity index (χ4n) is 1.94. The summed E-state index contributed by atoms with van der Waals surface area (Å²) in [6.07, 6.45) is 0. The molecule has 0 aromatic heterocycles. The van der Waals surface area contributed by atoms with Crippen molar-refractivity contribution in [1.82, 2.24) is 0 Å². The van der Waals surface area contributed by atoms with Gasteiger partial charge in [-0.05, 0) is 18.9 Å². The van der Waals surface area contributed by atoms with Crippen LogP contribution in [0.3, 0.4) is 0 Å². The normalized spacial score (nSPS) is 12.6. The van der Waals surface area contributed by atoms with E-state index in [4.69, 9.17) is 22.7 Å². The van der Waals surface area contributed by atoms with Gasteiger partial charge in [0, 0.05) is 11.5 Å². The highest BCUT2D eigenvalue weighted by Crippen LogP contribution is 2.32. The minimum absolute atomic E-state index is 0.0739. The maximum Gasteiger partial charge on any atom is 0.122 e. The molecule has 1 atom stereocenters. The van der Waals surface area contributed by atoms with Crippen LogP contribution in [0.25, 0.3) is 0 Å². The van der Waals surface area contributed by atoms with Gasteiger partial charge in [0.15, 0.2) is 0 Å². The lowest BCUT2D eigenvalue weighted by molar-refractivity contribution is 0.404. The molecule has 0 aliphatic rings. The molecular formula is C13H19NOS. The number of ether oxygens (including phenoxy) is 1. The molecule has 2 nitrogen and oxygen atoms in total. The Hall–Kier alpha value is -1.09. The molecule has 0 fully saturated rings. The second kappa shape index (κ2) is 5.30. The van der Waals surface area contributed by atoms with Crippen LogP contribution in [0.4, 0.5) is 0 Å². The van der Waals surface area contributed by atoms with Crippen molar-refractivity contribution in [2.75, 3.05) is 7.11 Å². The molecule has 1 rings (SSSR count). The zero-order chi connectivity index (χ0) is 12.3. The van der Waals surface area contributed by atoms with Gasteiger partial charge in [-0.25, -0.2) is 0 Å². The van der Waals surface area contributed by atoms with E-state index in [1.54, 1.807) is 7.11 Å². The van der Waals surface area contributed by atoms with Crippen molar-refractivity contribution in [2.45, 2.75) is 26.7 Å². The van der Waals surface area contributed by atoms with Gasteiger partial charge < -0.3 is 10.5 Å². The van der Waals surface area contributed by atoms with Crippen molar-refractivity contribution in [2.24, 2.45) is 11.7 Å². The molecule has 0 saturated heterocycles. The van der Waals surface area contributed by atoms with Crippen LogP contribution in [0.1, 0.15) is 30.9 Å². The van der Waals surface area contributed by atoms with E-state index in [9.17, 15) is 0 Å². The maximum absolute atomic E-state index is 5.82. The summed E-state index contributed by atoms with van der Waals surface area (Å²) in [5.74, 6) is 1.30. The summed E-state index contributed by atoms with van der Waals surface area (Å²) < 4.78 is 5.37. The molecule has 1 aromatic carbocycles. The van der Waals surface area contributed by atoms with E-state index < -0.39 is 0 Å². The van der Waals surface area contributed by atoms with Crippen molar-refractivity contribution in [3.8, 4) is 5.75 Å². The smallest absolute Gasteiger partial charge is 0.122 e. The number of hydrogen-bond donors (Lipinski definition) is 1. The van der Waals surface area contributed by atoms with Gasteiger partial charge in [0.05, 0.1) is 12.1 Å². The molecule has 0 bridgehead atoms. The van der Waals surface area contributed by atoms with E-state index in [1.165, 1.54) is 5.56 Å². The number of nitrogens with two attached hydrogens (primary N) is 1. The summed E-state index contributed by atoms with van der Waals surface area (Å²) in [6.45, 7) is 6.29. The van der Waals surface area contributed by atoms with Crippen molar-refractivity contribution < 1.29 is 4.74 Å². The maximum atomic E-state index is 5.82. The molecular weight excluding hydrogens is 218 g/mol. The number of rotatable bonds is 4. The molecule has 2 N–H and O–H groups in total. The molecule has 0 spiro atoms. The lowest BCUT2D eigenvalue weighted by atomic mass is 9.87. The Kier molecular flexibility index (Phi) is 4.30. The third kappa shape index (κ3) is 2.73. The zero-order valence-electron chi connectivity index (χ0n) is 10.3. The molecule has 0 aliphatic heterocycles. The summed E-state index contributed by atoms with van der Waals surface area (Å²) in [5.41, 5.74) is 8.10. The van der Waals surface area contributed by atoms with Crippen LogP contribution in [0.2, 0.25) is 0 Å². The van der Waals surface area contributed by atoms with E-state index in [1.807, 2.05) is 12.1 Å². The molecule has 0 amide bonds. The second-order valence-corrected chi connectivity index (χ2v) is 4.84. The van der Waals surface area contributed by atoms with E-state index >= 15 is 0 Å². The van der Waals surface area contributed by atoms with Gasteiger partial charge in [-0.3, -0.25) is 0 Å². The second-order valence-electron chi connectivity index (χ2n) is 4.37. The third-order valence-electron chi connectivity index (χ3n) is 2.69. The van der Waals surface area contributed by atoms with Gasteiger partial charge in [0.25, 0.3) is 0 Å². The summed E-state index contributed by atoms with van der Waals surface area (Å²) in [6, 6.07) is 6.10. The number of thiocarbonyl (C=S) groups is 1. The van der Waals surface area contributed by atoms with Gasteiger partial charge in [-0.2, -0.15) is 0 Å². The number of methoxy groups -OCH3 is 1. The van der Waals surface area contributed by atoms with Crippen molar-refractivity contribution in [3.05, 3.63) is 29.3 Å². The van der Waals surface area contributed by atoms with Crippen LogP contribution in [0, 0.1) is 12.8 Å². The Balaban J connectivity index is 3.26. The van der Waals surface area contributed by atoms with Crippen LogP contribution in [0.15, 0.2) is 18.2 Å². The summed E-state index contributed by atoms with van der Waals surface area (Å²) >= 11 is 5.15. The fraction of sp³-hybridized carbons (Fsp3) is 0.462. The number of aryl methyl sites for hydroxylation is 1. The average molecular weight is 237 g/mol. The molecule has 0 radical (unpaired) electrons. The minimum atomic E-state index is 0.0739. The Morgan fingerprint density at radius 3 is 2.44 bits per heavy atom. The molecule has 88 valence electrons. The van der Waals surface area contributed by atoms with Crippen LogP contribution >= 0.6 is 12.2 Å². The Morgan fingerprint density at radius 2 is 2.00 bits per heavy atom. The first-order valence-corrected chi connectivity index (χ1v) is 5.82. The van der Waals surface area contributed by atoms with Crippen molar-refractivity contribution >= 4 is 17.2 Å². The number of benzene rings is 1. The van der Waals surface area contributed by atoms with Gasteiger partial charge >= 0.3 is 0 Å². The predicted molar refractivity (Wildman–Crippen MR) is 72.1 cm³/mol. The molecule has 1 unspecified atom stereocenters. The highest BCUT2D eigenvalue weighted by molar-refractivity contribution is 7.80. The molecule has 3 heteroatoms. The lowest BCUT2D eigenvalue weighted by Gasteiger charge is -2.22. The third-order valence-corrected chi connectivity index (χ3v) is 2.95. The van der Waals surface area contributed by atoms with Gasteiger partial charge in [0.1, 0.15) is 5.75 Å². The largest absolute Gasteiger partial charge is 0.496 e. The van der Waals surface area contributed by atoms with E-state index in [-0.39, 0.29) is 5.92 Å². The van der Waals surface area contributed by atoms with Gasteiger partial charge in [-0.15, -0.1) is 0 Å². The van der Waals surface area contributed by atoms with Crippen LogP contribution < -0.4 is 10.5 Å². The van der Waals surface area contributed by atoms with Crippen LogP contribution in [-0.2, 0) is 0 Å². The Morgan fingerprint density at radius 1 is 1.38 bits per heavy atom. The Bertz CT molecular complexity index is 388. The standard InChI is InChI=1S/C13H19NOS/c1-8(2)12(13(14)16)10-7-9(3)5-6-11(10)15-4/h5-8,12H,1-4H3,(H2,14,16). The van der Waals surface area contributed by atoms with E-state index in [0.29, 0.717) is 10.9 Å². The minimum Gasteiger partial charge on any atom is -0.496 e. The number of hydrogen-bond acceptors (Lipinski definition) is 2. The van der Waals surface area contributed by atoms with Gasteiger partial charge in [-0.1, -0.05) is 43.8 Å². The van der Waals surface area contributed by atoms with Gasteiger partial charge in [0.2, 0.25) is 0 Å². The first kappa shape index (κ1) is 13.0. The first-order chi connectivity index (χ1) is 7.47. The molecule has 0 aliphatic carbocycles. The van der Waals surface area contributed by atoms with E-state index in [0.717, 1.165) is 11.3 Å². The topological polar surface area (TPSA) is 35.2 Å². The van der Waals surface area contributed by atoms with Crippen LogP contribution in [0.5, 0.6) is 5.75 Å². The lowest BCUT2D eigenvalue weighted by Crippen LogP contribution is -2.24. The highest BCUT2D eigenvalue weighted by atomic mass is 32.1. The molecule has 16 heavy (non-hydrogen) atoms. The zero-order valence-corrected chi connectivity index (χ0v) is 11.1. The Labute approximate surface area is 103 Å². The quantitative estimate of drug-likeness (QED) is 0.818. The summed E-state index contributed by atoms with van der Waals surface area (Å²) in [4.78, 5) is 0.527. The summed E-state index contributed by atoms with van der Waals surface area (Å²) in [5, 5.41) is 0. The van der Waals surface area contributed by atoms with Crippen LogP contribution in [-0.4, -0.2) is 12.1 Å². The van der Waals surface area contributed by atoms with Crippen molar-refractivity contribution in [3.63, 3.8) is 0 Å². The molecule has 0 saturated carbocycles. The van der Waals surface area contributed by atoms with Crippen molar-refractivity contribution in [1.29, 1.82) is 0 Å². The molecule has 0 heterocycles. The SMILES string of the molecule is COc1ccc(C)cc1C(C(N)=S)C(C)C.